The zero-order valence-electron chi connectivity index (χ0n) is 9.81. The summed E-state index contributed by atoms with van der Waals surface area (Å²) in [4.78, 5) is 2.67. The fourth-order valence-corrected chi connectivity index (χ4v) is 3.41. The van der Waals surface area contributed by atoms with Crippen LogP contribution in [-0.2, 0) is 4.74 Å². The minimum Gasteiger partial charge on any atom is -0.380 e. The first-order valence-electron chi connectivity index (χ1n) is 5.91. The van der Waals surface area contributed by atoms with Crippen LogP contribution >= 0.6 is 0 Å². The quantitative estimate of drug-likeness (QED) is 0.688. The van der Waals surface area contributed by atoms with E-state index < -0.39 is 0 Å². The molecular weight excluding hydrogens is 174 g/mol. The largest absolute Gasteiger partial charge is 0.380 e. The molecule has 0 unspecified atom stereocenters. The van der Waals surface area contributed by atoms with Gasteiger partial charge in [0, 0.05) is 18.7 Å². The molecule has 0 aromatic heterocycles. The maximum Gasteiger partial charge on any atom is 0.0650 e. The summed E-state index contributed by atoms with van der Waals surface area (Å²) < 4.78 is 5.67. The summed E-state index contributed by atoms with van der Waals surface area (Å²) in [6.45, 7) is 11.2. The first kappa shape index (κ1) is 10.4. The molecule has 0 bridgehead atoms. The molecule has 0 radical (unpaired) electrons. The molecule has 0 amide bonds. The lowest BCUT2D eigenvalue weighted by Gasteiger charge is -2.31. The molecule has 0 saturated carbocycles. The van der Waals surface area contributed by atoms with E-state index in [0.29, 0.717) is 11.0 Å². The van der Waals surface area contributed by atoms with Gasteiger partial charge in [0.25, 0.3) is 0 Å². The average molecular weight is 197 g/mol. The molecule has 2 fully saturated rings. The minimum absolute atomic E-state index is 0.402. The van der Waals surface area contributed by atoms with Crippen LogP contribution < -0.4 is 0 Å². The van der Waals surface area contributed by atoms with Crippen molar-refractivity contribution in [2.24, 2.45) is 5.41 Å². The summed E-state index contributed by atoms with van der Waals surface area (Å²) in [6, 6.07) is 0. The van der Waals surface area contributed by atoms with Crippen molar-refractivity contribution in [1.82, 2.24) is 4.90 Å². The van der Waals surface area contributed by atoms with Crippen LogP contribution in [0.3, 0.4) is 0 Å². The van der Waals surface area contributed by atoms with Crippen LogP contribution in [0.4, 0.5) is 0 Å². The van der Waals surface area contributed by atoms with Crippen LogP contribution in [0.1, 0.15) is 40.0 Å². The number of hydrogen-bond donors (Lipinski definition) is 0. The third-order valence-corrected chi connectivity index (χ3v) is 3.74. The van der Waals surface area contributed by atoms with Gasteiger partial charge in [0.2, 0.25) is 0 Å². The van der Waals surface area contributed by atoms with Crippen molar-refractivity contribution in [3.8, 4) is 0 Å². The van der Waals surface area contributed by atoms with Gasteiger partial charge in [0.1, 0.15) is 0 Å². The molecule has 14 heavy (non-hydrogen) atoms. The van der Waals surface area contributed by atoms with Crippen LogP contribution in [0.15, 0.2) is 0 Å². The Morgan fingerprint density at radius 3 is 2.86 bits per heavy atom. The van der Waals surface area contributed by atoms with Gasteiger partial charge in [-0.3, -0.25) is 4.90 Å². The topological polar surface area (TPSA) is 12.5 Å². The molecule has 1 atom stereocenters. The van der Waals surface area contributed by atoms with Gasteiger partial charge in [-0.1, -0.05) is 13.8 Å². The van der Waals surface area contributed by atoms with E-state index in [2.05, 4.69) is 25.7 Å². The summed E-state index contributed by atoms with van der Waals surface area (Å²) in [7, 11) is 0. The van der Waals surface area contributed by atoms with Gasteiger partial charge in [0.15, 0.2) is 0 Å². The SMILES string of the molecule is CCOC[C@]12CCCN1CC(C)(C)C2. The van der Waals surface area contributed by atoms with Crippen molar-refractivity contribution in [3.05, 3.63) is 0 Å². The molecule has 0 spiro atoms. The Bertz CT molecular complexity index is 214. The van der Waals surface area contributed by atoms with Crippen LogP contribution in [0.2, 0.25) is 0 Å². The summed E-state index contributed by atoms with van der Waals surface area (Å²) >= 11 is 0. The number of fused-ring (bicyclic) bond motifs is 1. The van der Waals surface area contributed by atoms with Crippen molar-refractivity contribution in [3.63, 3.8) is 0 Å². The second kappa shape index (κ2) is 3.49. The van der Waals surface area contributed by atoms with Gasteiger partial charge in [-0.25, -0.2) is 0 Å². The molecule has 0 aliphatic carbocycles. The summed E-state index contributed by atoms with van der Waals surface area (Å²) in [6.07, 6.45) is 4.03. The van der Waals surface area contributed by atoms with Crippen LogP contribution in [0.25, 0.3) is 0 Å². The Labute approximate surface area is 87.6 Å². The zero-order valence-corrected chi connectivity index (χ0v) is 9.81. The highest BCUT2D eigenvalue weighted by Gasteiger charge is 2.51. The van der Waals surface area contributed by atoms with Gasteiger partial charge in [-0.15, -0.1) is 0 Å². The third-order valence-electron chi connectivity index (χ3n) is 3.74. The van der Waals surface area contributed by atoms with Crippen molar-refractivity contribution < 1.29 is 4.74 Å². The number of ether oxygens (including phenoxy) is 1. The van der Waals surface area contributed by atoms with E-state index in [1.165, 1.54) is 32.4 Å². The highest BCUT2D eigenvalue weighted by molar-refractivity contribution is 5.06. The van der Waals surface area contributed by atoms with E-state index in [0.717, 1.165) is 13.2 Å². The number of hydrogen-bond acceptors (Lipinski definition) is 2. The molecule has 2 nitrogen and oxygen atoms in total. The predicted octanol–water partition coefficient (Wildman–Crippen LogP) is 2.29. The number of rotatable bonds is 3. The summed E-state index contributed by atoms with van der Waals surface area (Å²) in [5.41, 5.74) is 0.900. The minimum atomic E-state index is 0.402. The lowest BCUT2D eigenvalue weighted by Crippen LogP contribution is -2.42. The Hall–Kier alpha value is -0.0800. The van der Waals surface area contributed by atoms with E-state index in [1.54, 1.807) is 0 Å². The van der Waals surface area contributed by atoms with E-state index in [9.17, 15) is 0 Å². The summed E-state index contributed by atoms with van der Waals surface area (Å²) in [5.74, 6) is 0. The molecule has 2 heterocycles. The Kier molecular flexibility index (Phi) is 2.61. The fourth-order valence-electron chi connectivity index (χ4n) is 3.41. The molecular formula is C12H23NO. The van der Waals surface area contributed by atoms with Crippen LogP contribution in [-0.4, -0.2) is 36.7 Å². The van der Waals surface area contributed by atoms with Crippen molar-refractivity contribution >= 4 is 0 Å². The van der Waals surface area contributed by atoms with Crippen molar-refractivity contribution in [1.29, 1.82) is 0 Å². The van der Waals surface area contributed by atoms with Crippen LogP contribution in [0, 0.1) is 5.41 Å². The Morgan fingerprint density at radius 2 is 2.14 bits per heavy atom. The first-order valence-corrected chi connectivity index (χ1v) is 5.91. The maximum absolute atomic E-state index is 5.67. The van der Waals surface area contributed by atoms with E-state index in [-0.39, 0.29) is 0 Å². The van der Waals surface area contributed by atoms with Gasteiger partial charge in [0.05, 0.1) is 6.61 Å². The zero-order chi connectivity index (χ0) is 10.2. The summed E-state index contributed by atoms with van der Waals surface area (Å²) in [5, 5.41) is 0. The highest BCUT2D eigenvalue weighted by atomic mass is 16.5. The van der Waals surface area contributed by atoms with Crippen molar-refractivity contribution in [2.75, 3.05) is 26.3 Å². The second-order valence-electron chi connectivity index (χ2n) is 5.73. The molecule has 2 heteroatoms. The molecule has 82 valence electrons. The molecule has 0 N–H and O–H groups in total. The maximum atomic E-state index is 5.67. The smallest absolute Gasteiger partial charge is 0.0650 e. The first-order chi connectivity index (χ1) is 6.58. The molecule has 0 aromatic carbocycles. The van der Waals surface area contributed by atoms with Crippen LogP contribution in [0.5, 0.6) is 0 Å². The molecule has 2 aliphatic rings. The monoisotopic (exact) mass is 197 g/mol. The van der Waals surface area contributed by atoms with Gasteiger partial charge in [-0.2, -0.15) is 0 Å². The molecule has 2 aliphatic heterocycles. The van der Waals surface area contributed by atoms with E-state index in [1.807, 2.05) is 0 Å². The van der Waals surface area contributed by atoms with E-state index >= 15 is 0 Å². The standard InChI is InChI=1S/C12H23NO/c1-4-14-10-12-6-5-7-13(12)9-11(2,3)8-12/h4-10H2,1-3H3/t12-/m1/s1. The van der Waals surface area contributed by atoms with E-state index in [4.69, 9.17) is 4.74 Å². The predicted molar refractivity (Wildman–Crippen MR) is 58.4 cm³/mol. The van der Waals surface area contributed by atoms with Crippen molar-refractivity contribution in [2.45, 2.75) is 45.6 Å². The van der Waals surface area contributed by atoms with Gasteiger partial charge < -0.3 is 4.74 Å². The molecule has 0 aromatic rings. The third kappa shape index (κ3) is 1.70. The lowest BCUT2D eigenvalue weighted by atomic mass is 9.83. The Balaban J connectivity index is 2.07. The highest BCUT2D eigenvalue weighted by Crippen LogP contribution is 2.47. The molecule has 2 saturated heterocycles. The van der Waals surface area contributed by atoms with Gasteiger partial charge in [-0.05, 0) is 38.1 Å². The number of nitrogens with zero attached hydrogens (tertiary/aromatic N) is 1. The fraction of sp³-hybridized carbons (Fsp3) is 1.00. The normalized spacial score (nSPS) is 36.2. The molecule has 2 rings (SSSR count). The Morgan fingerprint density at radius 1 is 1.36 bits per heavy atom. The second-order valence-corrected chi connectivity index (χ2v) is 5.73. The average Bonchev–Trinajstić information content (AvgIpc) is 2.53. The van der Waals surface area contributed by atoms with Gasteiger partial charge >= 0.3 is 0 Å². The lowest BCUT2D eigenvalue weighted by molar-refractivity contribution is 0.0411.